The summed E-state index contributed by atoms with van der Waals surface area (Å²) in [6.07, 6.45) is 1.54. The fraction of sp³-hybridized carbons (Fsp3) is 0.500. The van der Waals surface area contributed by atoms with Crippen molar-refractivity contribution in [3.63, 3.8) is 0 Å². The monoisotopic (exact) mass is 321 g/mol. The first-order chi connectivity index (χ1) is 10.7. The van der Waals surface area contributed by atoms with Gasteiger partial charge in [-0.25, -0.2) is 0 Å². The molecule has 2 amide bonds. The molecule has 1 saturated heterocycles. The van der Waals surface area contributed by atoms with E-state index in [2.05, 4.69) is 5.32 Å². The third kappa shape index (κ3) is 5.35. The molecule has 0 unspecified atom stereocenters. The highest BCUT2D eigenvalue weighted by molar-refractivity contribution is 7.99. The van der Waals surface area contributed by atoms with Crippen molar-refractivity contribution in [2.45, 2.75) is 19.3 Å². The maximum Gasteiger partial charge on any atom is 0.227 e. The first-order valence-electron chi connectivity index (χ1n) is 7.63. The van der Waals surface area contributed by atoms with E-state index in [9.17, 15) is 9.59 Å². The van der Waals surface area contributed by atoms with Crippen molar-refractivity contribution < 1.29 is 9.59 Å². The number of nitrogens with zero attached hydrogens (tertiary/aromatic N) is 1. The van der Waals surface area contributed by atoms with E-state index < -0.39 is 0 Å². The maximum atomic E-state index is 12.2. The van der Waals surface area contributed by atoms with Gasteiger partial charge in [0, 0.05) is 36.7 Å². The van der Waals surface area contributed by atoms with Crippen LogP contribution in [-0.4, -0.2) is 47.9 Å². The van der Waals surface area contributed by atoms with Crippen molar-refractivity contribution in [2.24, 2.45) is 5.73 Å². The number of carbonyl (C=O) groups excluding carboxylic acids is 2. The SMILES string of the molecule is NCCCC(=O)Nc1ccc(CC(=O)N2CCSCC2)cc1. The Bertz CT molecular complexity index is 499. The molecule has 22 heavy (non-hydrogen) atoms. The van der Waals surface area contributed by atoms with E-state index in [-0.39, 0.29) is 11.8 Å². The van der Waals surface area contributed by atoms with Crippen LogP contribution in [0.4, 0.5) is 5.69 Å². The van der Waals surface area contributed by atoms with Gasteiger partial charge in [-0.05, 0) is 30.7 Å². The highest BCUT2D eigenvalue weighted by Gasteiger charge is 2.16. The predicted molar refractivity (Wildman–Crippen MR) is 91.0 cm³/mol. The number of hydrogen-bond acceptors (Lipinski definition) is 4. The minimum Gasteiger partial charge on any atom is -0.341 e. The van der Waals surface area contributed by atoms with Gasteiger partial charge in [0.25, 0.3) is 0 Å². The fourth-order valence-electron chi connectivity index (χ4n) is 2.29. The van der Waals surface area contributed by atoms with Crippen LogP contribution < -0.4 is 11.1 Å². The molecule has 0 atom stereocenters. The molecule has 120 valence electrons. The lowest BCUT2D eigenvalue weighted by molar-refractivity contribution is -0.130. The van der Waals surface area contributed by atoms with E-state index in [0.717, 1.165) is 35.8 Å². The predicted octanol–water partition coefficient (Wildman–Crippen LogP) is 1.48. The van der Waals surface area contributed by atoms with E-state index in [1.807, 2.05) is 40.9 Å². The number of nitrogens with one attached hydrogen (secondary N) is 1. The summed E-state index contributed by atoms with van der Waals surface area (Å²) in [6.45, 7) is 2.21. The number of thioether (sulfide) groups is 1. The van der Waals surface area contributed by atoms with Crippen LogP contribution in [0.25, 0.3) is 0 Å². The summed E-state index contributed by atoms with van der Waals surface area (Å²) < 4.78 is 0. The maximum absolute atomic E-state index is 12.2. The Balaban J connectivity index is 1.83. The Morgan fingerprint density at radius 3 is 2.50 bits per heavy atom. The molecule has 2 rings (SSSR count). The second-order valence-corrected chi connectivity index (χ2v) is 6.53. The lowest BCUT2D eigenvalue weighted by atomic mass is 10.1. The van der Waals surface area contributed by atoms with Crippen molar-refractivity contribution in [3.8, 4) is 0 Å². The summed E-state index contributed by atoms with van der Waals surface area (Å²) in [7, 11) is 0. The number of nitrogens with two attached hydrogens (primary N) is 1. The van der Waals surface area contributed by atoms with Crippen LogP contribution in [0, 0.1) is 0 Å². The highest BCUT2D eigenvalue weighted by Crippen LogP contribution is 2.14. The third-order valence-corrected chi connectivity index (χ3v) is 4.51. The van der Waals surface area contributed by atoms with E-state index in [4.69, 9.17) is 5.73 Å². The van der Waals surface area contributed by atoms with Gasteiger partial charge in [-0.2, -0.15) is 11.8 Å². The molecule has 0 spiro atoms. The Hall–Kier alpha value is -1.53. The van der Waals surface area contributed by atoms with Gasteiger partial charge in [-0.3, -0.25) is 9.59 Å². The van der Waals surface area contributed by atoms with Crippen LogP contribution in [0.15, 0.2) is 24.3 Å². The van der Waals surface area contributed by atoms with Crippen molar-refractivity contribution in [2.75, 3.05) is 36.5 Å². The zero-order valence-electron chi connectivity index (χ0n) is 12.7. The van der Waals surface area contributed by atoms with E-state index >= 15 is 0 Å². The second-order valence-electron chi connectivity index (χ2n) is 5.31. The van der Waals surface area contributed by atoms with Gasteiger partial charge in [0.1, 0.15) is 0 Å². The number of anilines is 1. The summed E-state index contributed by atoms with van der Waals surface area (Å²) in [6, 6.07) is 7.48. The first kappa shape index (κ1) is 16.8. The van der Waals surface area contributed by atoms with E-state index in [0.29, 0.717) is 25.8 Å². The molecular formula is C16H23N3O2S. The lowest BCUT2D eigenvalue weighted by Gasteiger charge is -2.26. The number of carbonyl (C=O) groups is 2. The topological polar surface area (TPSA) is 75.4 Å². The standard InChI is InChI=1S/C16H23N3O2S/c17-7-1-2-15(20)18-14-5-3-13(4-6-14)12-16(21)19-8-10-22-11-9-19/h3-6H,1-2,7-12,17H2,(H,18,20). The highest BCUT2D eigenvalue weighted by atomic mass is 32.2. The van der Waals surface area contributed by atoms with Gasteiger partial charge in [-0.15, -0.1) is 0 Å². The quantitative estimate of drug-likeness (QED) is 0.832. The molecule has 0 aromatic heterocycles. The van der Waals surface area contributed by atoms with Gasteiger partial charge < -0.3 is 16.0 Å². The molecule has 1 aromatic rings. The van der Waals surface area contributed by atoms with Gasteiger partial charge >= 0.3 is 0 Å². The molecule has 5 nitrogen and oxygen atoms in total. The first-order valence-corrected chi connectivity index (χ1v) is 8.79. The molecule has 1 aliphatic rings. The summed E-state index contributed by atoms with van der Waals surface area (Å²) in [5.41, 5.74) is 7.11. The van der Waals surface area contributed by atoms with Crippen molar-refractivity contribution in [3.05, 3.63) is 29.8 Å². The molecule has 3 N–H and O–H groups in total. The molecule has 0 radical (unpaired) electrons. The third-order valence-electron chi connectivity index (χ3n) is 3.56. The van der Waals surface area contributed by atoms with Crippen LogP contribution in [0.5, 0.6) is 0 Å². The van der Waals surface area contributed by atoms with Gasteiger partial charge in [-0.1, -0.05) is 12.1 Å². The minimum atomic E-state index is -0.0277. The lowest BCUT2D eigenvalue weighted by Crippen LogP contribution is -2.38. The van der Waals surface area contributed by atoms with Gasteiger partial charge in [0.2, 0.25) is 11.8 Å². The molecule has 1 fully saturated rings. The largest absolute Gasteiger partial charge is 0.341 e. The average molecular weight is 321 g/mol. The Labute approximate surface area is 135 Å². The Morgan fingerprint density at radius 2 is 1.86 bits per heavy atom. The Kier molecular flexibility index (Phi) is 6.74. The normalized spacial score (nSPS) is 14.7. The van der Waals surface area contributed by atoms with E-state index in [1.165, 1.54) is 0 Å². The molecule has 1 heterocycles. The smallest absolute Gasteiger partial charge is 0.227 e. The van der Waals surface area contributed by atoms with E-state index in [1.54, 1.807) is 0 Å². The molecule has 6 heteroatoms. The molecular weight excluding hydrogens is 298 g/mol. The number of benzene rings is 1. The summed E-state index contributed by atoms with van der Waals surface area (Å²) >= 11 is 1.89. The molecule has 1 aromatic carbocycles. The number of rotatable bonds is 6. The number of amides is 2. The zero-order chi connectivity index (χ0) is 15.8. The van der Waals surface area contributed by atoms with Crippen LogP contribution in [0.1, 0.15) is 18.4 Å². The van der Waals surface area contributed by atoms with Crippen molar-refractivity contribution in [1.29, 1.82) is 0 Å². The van der Waals surface area contributed by atoms with Crippen molar-refractivity contribution >= 4 is 29.3 Å². The number of hydrogen-bond donors (Lipinski definition) is 2. The van der Waals surface area contributed by atoms with Crippen LogP contribution in [-0.2, 0) is 16.0 Å². The van der Waals surface area contributed by atoms with Crippen LogP contribution in [0.2, 0.25) is 0 Å². The van der Waals surface area contributed by atoms with Crippen molar-refractivity contribution in [1.82, 2.24) is 4.90 Å². The van der Waals surface area contributed by atoms with Crippen LogP contribution in [0.3, 0.4) is 0 Å². The molecule has 0 bridgehead atoms. The summed E-state index contributed by atoms with van der Waals surface area (Å²) in [4.78, 5) is 25.7. The fourth-order valence-corrected chi connectivity index (χ4v) is 3.19. The summed E-state index contributed by atoms with van der Waals surface area (Å²) in [5, 5.41) is 2.83. The van der Waals surface area contributed by atoms with Gasteiger partial charge in [0.15, 0.2) is 0 Å². The van der Waals surface area contributed by atoms with Crippen LogP contribution >= 0.6 is 11.8 Å². The van der Waals surface area contributed by atoms with Gasteiger partial charge in [0.05, 0.1) is 6.42 Å². The summed E-state index contributed by atoms with van der Waals surface area (Å²) in [5.74, 6) is 2.21. The average Bonchev–Trinajstić information content (AvgIpc) is 2.55. The second kappa shape index (κ2) is 8.80. The zero-order valence-corrected chi connectivity index (χ0v) is 13.5. The Morgan fingerprint density at radius 1 is 1.18 bits per heavy atom. The molecule has 0 aliphatic carbocycles. The molecule has 0 saturated carbocycles. The molecule has 1 aliphatic heterocycles. The minimum absolute atomic E-state index is 0.0277.